The molecule has 21 heavy (non-hydrogen) atoms. The zero-order chi connectivity index (χ0) is 15.0. The van der Waals surface area contributed by atoms with Gasteiger partial charge in [-0.15, -0.1) is 0 Å². The molecular formula is C15H13N3O2S. The van der Waals surface area contributed by atoms with Crippen molar-refractivity contribution in [1.82, 2.24) is 9.55 Å². The third kappa shape index (κ3) is 2.57. The lowest BCUT2D eigenvalue weighted by Crippen LogP contribution is -2.19. The number of amides is 1. The summed E-state index contributed by atoms with van der Waals surface area (Å²) < 4.78 is 2.44. The minimum atomic E-state index is -0.329. The summed E-state index contributed by atoms with van der Waals surface area (Å²) >= 11 is 1.42. The van der Waals surface area contributed by atoms with Crippen molar-refractivity contribution < 1.29 is 4.79 Å². The van der Waals surface area contributed by atoms with Crippen molar-refractivity contribution in [3.05, 3.63) is 58.0 Å². The number of hydrogen-bond acceptors (Lipinski definition) is 4. The van der Waals surface area contributed by atoms with E-state index in [9.17, 15) is 9.59 Å². The van der Waals surface area contributed by atoms with E-state index in [1.165, 1.54) is 22.0 Å². The maximum absolute atomic E-state index is 12.1. The highest BCUT2D eigenvalue weighted by atomic mass is 32.1. The van der Waals surface area contributed by atoms with Crippen LogP contribution in [-0.4, -0.2) is 15.5 Å². The number of nitrogens with one attached hydrogen (secondary N) is 1. The molecule has 106 valence electrons. The molecule has 1 aromatic carbocycles. The molecule has 0 radical (unpaired) electrons. The van der Waals surface area contributed by atoms with Crippen LogP contribution in [0, 0.1) is 6.92 Å². The molecule has 0 aliphatic rings. The van der Waals surface area contributed by atoms with Gasteiger partial charge in [0.2, 0.25) is 0 Å². The number of thiazole rings is 1. The number of anilines is 1. The average Bonchev–Trinajstić information content (AvgIpc) is 2.86. The van der Waals surface area contributed by atoms with Crippen molar-refractivity contribution in [2.45, 2.75) is 6.92 Å². The Hall–Kier alpha value is -2.47. The molecule has 0 bridgehead atoms. The molecule has 3 aromatic rings. The number of aryl methyl sites for hydroxylation is 2. The van der Waals surface area contributed by atoms with Crippen molar-refractivity contribution in [3.8, 4) is 0 Å². The van der Waals surface area contributed by atoms with Gasteiger partial charge in [-0.1, -0.05) is 23.5 Å². The van der Waals surface area contributed by atoms with Crippen molar-refractivity contribution >= 4 is 32.6 Å². The van der Waals surface area contributed by atoms with Gasteiger partial charge in [0.05, 0.1) is 10.2 Å². The molecule has 0 saturated heterocycles. The van der Waals surface area contributed by atoms with Gasteiger partial charge in [-0.05, 0) is 24.6 Å². The van der Waals surface area contributed by atoms with Crippen LogP contribution in [0.1, 0.15) is 15.9 Å². The summed E-state index contributed by atoms with van der Waals surface area (Å²) in [6, 6.07) is 8.83. The van der Waals surface area contributed by atoms with Crippen LogP contribution in [0.15, 0.2) is 41.3 Å². The van der Waals surface area contributed by atoms with E-state index in [0.29, 0.717) is 10.7 Å². The lowest BCUT2D eigenvalue weighted by Gasteiger charge is -2.02. The fourth-order valence-corrected chi connectivity index (χ4v) is 2.94. The van der Waals surface area contributed by atoms with E-state index in [-0.39, 0.29) is 11.5 Å². The molecule has 1 amide bonds. The Labute approximate surface area is 124 Å². The summed E-state index contributed by atoms with van der Waals surface area (Å²) in [4.78, 5) is 28.1. The van der Waals surface area contributed by atoms with E-state index in [1.807, 2.05) is 25.1 Å². The van der Waals surface area contributed by atoms with Gasteiger partial charge < -0.3 is 4.57 Å². The van der Waals surface area contributed by atoms with Crippen LogP contribution in [0.3, 0.4) is 0 Å². The second kappa shape index (κ2) is 5.14. The van der Waals surface area contributed by atoms with E-state index in [0.717, 1.165) is 15.8 Å². The summed E-state index contributed by atoms with van der Waals surface area (Å²) in [7, 11) is 1.64. The zero-order valence-electron chi connectivity index (χ0n) is 11.6. The average molecular weight is 299 g/mol. The highest BCUT2D eigenvalue weighted by molar-refractivity contribution is 7.22. The first kappa shape index (κ1) is 13.5. The maximum atomic E-state index is 12.1. The summed E-state index contributed by atoms with van der Waals surface area (Å²) in [5.74, 6) is -0.329. The van der Waals surface area contributed by atoms with Gasteiger partial charge in [-0.3, -0.25) is 14.9 Å². The molecule has 5 nitrogen and oxygen atoms in total. The predicted molar refractivity (Wildman–Crippen MR) is 84.0 cm³/mol. The van der Waals surface area contributed by atoms with Gasteiger partial charge in [0, 0.05) is 24.9 Å². The van der Waals surface area contributed by atoms with E-state index >= 15 is 0 Å². The van der Waals surface area contributed by atoms with Crippen molar-refractivity contribution in [3.63, 3.8) is 0 Å². The summed E-state index contributed by atoms with van der Waals surface area (Å²) in [5.41, 5.74) is 2.07. The van der Waals surface area contributed by atoms with Crippen molar-refractivity contribution in [2.75, 3.05) is 5.32 Å². The largest absolute Gasteiger partial charge is 0.319 e. The van der Waals surface area contributed by atoms with E-state index < -0.39 is 0 Å². The normalized spacial score (nSPS) is 10.8. The molecule has 0 saturated carbocycles. The topological polar surface area (TPSA) is 64.0 Å². The second-order valence-corrected chi connectivity index (χ2v) is 5.79. The SMILES string of the molecule is Cc1cccc2sc(NC(=O)c3ccn(C)c(=O)c3)nc12. The Kier molecular flexibility index (Phi) is 3.31. The monoisotopic (exact) mass is 299 g/mol. The number of fused-ring (bicyclic) bond motifs is 1. The van der Waals surface area contributed by atoms with Crippen LogP contribution in [0.5, 0.6) is 0 Å². The predicted octanol–water partition coefficient (Wildman–Crippen LogP) is 2.56. The number of carbonyl (C=O) groups excluding carboxylic acids is 1. The number of rotatable bonds is 2. The Morgan fingerprint density at radius 3 is 2.86 bits per heavy atom. The minimum Gasteiger partial charge on any atom is -0.319 e. The first-order valence-corrected chi connectivity index (χ1v) is 7.20. The van der Waals surface area contributed by atoms with Crippen LogP contribution < -0.4 is 10.9 Å². The van der Waals surface area contributed by atoms with Crippen molar-refractivity contribution in [1.29, 1.82) is 0 Å². The Morgan fingerprint density at radius 2 is 2.14 bits per heavy atom. The van der Waals surface area contributed by atoms with Crippen molar-refractivity contribution in [2.24, 2.45) is 7.05 Å². The van der Waals surface area contributed by atoms with Gasteiger partial charge in [0.1, 0.15) is 0 Å². The minimum absolute atomic E-state index is 0.220. The Bertz CT molecular complexity index is 895. The number of nitrogens with zero attached hydrogens (tertiary/aromatic N) is 2. The van der Waals surface area contributed by atoms with Gasteiger partial charge in [0.15, 0.2) is 5.13 Å². The Morgan fingerprint density at radius 1 is 1.33 bits per heavy atom. The fourth-order valence-electron chi connectivity index (χ4n) is 2.00. The molecule has 0 fully saturated rings. The lowest BCUT2D eigenvalue weighted by atomic mass is 10.2. The summed E-state index contributed by atoms with van der Waals surface area (Å²) in [5, 5.41) is 3.27. The lowest BCUT2D eigenvalue weighted by molar-refractivity contribution is 0.102. The smallest absolute Gasteiger partial charge is 0.257 e. The zero-order valence-corrected chi connectivity index (χ0v) is 12.4. The standard InChI is InChI=1S/C15H13N3O2S/c1-9-4-3-5-11-13(9)16-15(21-11)17-14(20)10-6-7-18(2)12(19)8-10/h3-8H,1-2H3,(H,16,17,20). The highest BCUT2D eigenvalue weighted by Crippen LogP contribution is 2.28. The molecule has 0 spiro atoms. The first-order valence-electron chi connectivity index (χ1n) is 6.39. The molecule has 3 rings (SSSR count). The third-order valence-corrected chi connectivity index (χ3v) is 4.14. The van der Waals surface area contributed by atoms with Crippen LogP contribution >= 0.6 is 11.3 Å². The van der Waals surface area contributed by atoms with E-state index in [2.05, 4.69) is 10.3 Å². The summed E-state index contributed by atoms with van der Waals surface area (Å²) in [6.45, 7) is 1.98. The number of para-hydroxylation sites is 1. The molecule has 0 aliphatic heterocycles. The van der Waals surface area contributed by atoms with Crippen LogP contribution in [-0.2, 0) is 7.05 Å². The Balaban J connectivity index is 1.90. The number of hydrogen-bond donors (Lipinski definition) is 1. The molecule has 0 atom stereocenters. The highest BCUT2D eigenvalue weighted by Gasteiger charge is 2.11. The third-order valence-electron chi connectivity index (χ3n) is 3.21. The number of pyridine rings is 1. The van der Waals surface area contributed by atoms with Crippen LogP contribution in [0.4, 0.5) is 5.13 Å². The fraction of sp³-hybridized carbons (Fsp3) is 0.133. The molecule has 0 aliphatic carbocycles. The summed E-state index contributed by atoms with van der Waals surface area (Å²) in [6.07, 6.45) is 1.57. The van der Waals surface area contributed by atoms with Gasteiger partial charge >= 0.3 is 0 Å². The molecule has 2 aromatic heterocycles. The van der Waals surface area contributed by atoms with Crippen LogP contribution in [0.25, 0.3) is 10.2 Å². The molecule has 1 N–H and O–H groups in total. The number of aromatic nitrogens is 2. The van der Waals surface area contributed by atoms with E-state index in [1.54, 1.807) is 19.3 Å². The second-order valence-electron chi connectivity index (χ2n) is 4.76. The number of carbonyl (C=O) groups is 1. The molecule has 0 unspecified atom stereocenters. The molecule has 6 heteroatoms. The van der Waals surface area contributed by atoms with Gasteiger partial charge in [-0.25, -0.2) is 4.98 Å². The van der Waals surface area contributed by atoms with E-state index in [4.69, 9.17) is 0 Å². The van der Waals surface area contributed by atoms with Gasteiger partial charge in [0.25, 0.3) is 11.5 Å². The molecular weight excluding hydrogens is 286 g/mol. The maximum Gasteiger partial charge on any atom is 0.257 e. The number of benzene rings is 1. The van der Waals surface area contributed by atoms with Crippen LogP contribution in [0.2, 0.25) is 0 Å². The molecule has 2 heterocycles. The quantitative estimate of drug-likeness (QED) is 0.791. The van der Waals surface area contributed by atoms with Gasteiger partial charge in [-0.2, -0.15) is 0 Å². The first-order chi connectivity index (χ1) is 10.0.